The van der Waals surface area contributed by atoms with Crippen LogP contribution in [0.3, 0.4) is 0 Å². The number of nitro benzene ring substituents is 1. The van der Waals surface area contributed by atoms with Gasteiger partial charge in [0, 0.05) is 17.7 Å². The highest BCUT2D eigenvalue weighted by molar-refractivity contribution is 6.31. The molecule has 0 fully saturated rings. The Labute approximate surface area is 171 Å². The third kappa shape index (κ3) is 3.81. The standard InChI is InChI=1S/C23H16N2O5/c1-29-18-12-8-16(9-13-18)22(26)19(14-15-6-10-17(11-7-15)25(27)28)23-24-20-4-2-3-5-21(20)30-23/h2-14H,1H3/b19-14+. The molecule has 4 aromatic rings. The van der Waals surface area contributed by atoms with Gasteiger partial charge in [-0.05, 0) is 60.2 Å². The monoisotopic (exact) mass is 400 g/mol. The van der Waals surface area contributed by atoms with E-state index < -0.39 is 4.92 Å². The number of ketones is 1. The normalized spacial score (nSPS) is 11.4. The number of fused-ring (bicyclic) bond motifs is 1. The second-order valence-corrected chi connectivity index (χ2v) is 6.45. The van der Waals surface area contributed by atoms with E-state index in [0.29, 0.717) is 28.0 Å². The van der Waals surface area contributed by atoms with Crippen molar-refractivity contribution < 1.29 is 18.9 Å². The minimum Gasteiger partial charge on any atom is -0.497 e. The maximum atomic E-state index is 13.3. The number of carbonyl (C=O) groups is 1. The van der Waals surface area contributed by atoms with E-state index in [1.54, 1.807) is 61.7 Å². The molecule has 30 heavy (non-hydrogen) atoms. The number of carbonyl (C=O) groups excluding carboxylic acids is 1. The van der Waals surface area contributed by atoms with E-state index in [9.17, 15) is 14.9 Å². The number of ether oxygens (including phenoxy) is 1. The Morgan fingerprint density at radius 3 is 2.37 bits per heavy atom. The smallest absolute Gasteiger partial charge is 0.269 e. The highest BCUT2D eigenvalue weighted by atomic mass is 16.6. The van der Waals surface area contributed by atoms with Crippen LogP contribution in [0.25, 0.3) is 22.7 Å². The third-order valence-electron chi connectivity index (χ3n) is 4.54. The van der Waals surface area contributed by atoms with Crippen molar-refractivity contribution >= 4 is 34.2 Å². The molecule has 0 saturated carbocycles. The molecule has 4 rings (SSSR count). The number of allylic oxidation sites excluding steroid dienone is 1. The summed E-state index contributed by atoms with van der Waals surface area (Å²) in [5.41, 5.74) is 2.45. The van der Waals surface area contributed by atoms with Gasteiger partial charge >= 0.3 is 0 Å². The number of benzene rings is 3. The minimum absolute atomic E-state index is 0.0305. The van der Waals surface area contributed by atoms with Crippen molar-refractivity contribution in [2.24, 2.45) is 0 Å². The van der Waals surface area contributed by atoms with Crippen LogP contribution in [0.4, 0.5) is 5.69 Å². The maximum absolute atomic E-state index is 13.3. The molecule has 0 bridgehead atoms. The van der Waals surface area contributed by atoms with Crippen molar-refractivity contribution in [1.29, 1.82) is 0 Å². The van der Waals surface area contributed by atoms with E-state index in [1.807, 2.05) is 12.1 Å². The van der Waals surface area contributed by atoms with Crippen molar-refractivity contribution in [1.82, 2.24) is 4.98 Å². The van der Waals surface area contributed by atoms with Crippen LogP contribution >= 0.6 is 0 Å². The molecule has 7 nitrogen and oxygen atoms in total. The van der Waals surface area contributed by atoms with Gasteiger partial charge in [0.15, 0.2) is 11.4 Å². The second kappa shape index (κ2) is 8.00. The van der Waals surface area contributed by atoms with Gasteiger partial charge in [0.05, 0.1) is 17.6 Å². The lowest BCUT2D eigenvalue weighted by atomic mass is 10.0. The Morgan fingerprint density at radius 1 is 1.03 bits per heavy atom. The molecule has 1 aromatic heterocycles. The average Bonchev–Trinajstić information content (AvgIpc) is 3.21. The van der Waals surface area contributed by atoms with Gasteiger partial charge in [-0.25, -0.2) is 4.98 Å². The van der Waals surface area contributed by atoms with Gasteiger partial charge in [-0.3, -0.25) is 14.9 Å². The van der Waals surface area contributed by atoms with Crippen LogP contribution in [-0.4, -0.2) is 22.8 Å². The van der Waals surface area contributed by atoms with Gasteiger partial charge in [0.1, 0.15) is 11.3 Å². The van der Waals surface area contributed by atoms with Crippen molar-refractivity contribution in [3.63, 3.8) is 0 Å². The van der Waals surface area contributed by atoms with Gasteiger partial charge < -0.3 is 9.15 Å². The van der Waals surface area contributed by atoms with Gasteiger partial charge in [-0.15, -0.1) is 0 Å². The van der Waals surface area contributed by atoms with E-state index in [4.69, 9.17) is 9.15 Å². The molecule has 7 heteroatoms. The zero-order valence-corrected chi connectivity index (χ0v) is 15.9. The molecule has 0 aliphatic carbocycles. The number of hydrogen-bond acceptors (Lipinski definition) is 6. The molecule has 3 aromatic carbocycles. The molecule has 0 spiro atoms. The molecule has 148 valence electrons. The van der Waals surface area contributed by atoms with E-state index in [1.165, 1.54) is 12.1 Å². The number of rotatable bonds is 6. The van der Waals surface area contributed by atoms with Gasteiger partial charge in [-0.1, -0.05) is 12.1 Å². The highest BCUT2D eigenvalue weighted by Gasteiger charge is 2.20. The molecule has 0 saturated heterocycles. The fraction of sp³-hybridized carbons (Fsp3) is 0.0435. The third-order valence-corrected chi connectivity index (χ3v) is 4.54. The predicted molar refractivity (Wildman–Crippen MR) is 112 cm³/mol. The zero-order chi connectivity index (χ0) is 21.1. The molecular weight excluding hydrogens is 384 g/mol. The summed E-state index contributed by atoms with van der Waals surface area (Å²) >= 11 is 0. The van der Waals surface area contributed by atoms with Gasteiger partial charge in [-0.2, -0.15) is 0 Å². The second-order valence-electron chi connectivity index (χ2n) is 6.45. The number of nitrogens with zero attached hydrogens (tertiary/aromatic N) is 2. The van der Waals surface area contributed by atoms with E-state index in [2.05, 4.69) is 4.98 Å². The molecular formula is C23H16N2O5. The van der Waals surface area contributed by atoms with Crippen molar-refractivity contribution in [3.8, 4) is 5.75 Å². The number of oxazole rings is 1. The lowest BCUT2D eigenvalue weighted by Gasteiger charge is -2.05. The Kier molecular flexibility index (Phi) is 5.09. The average molecular weight is 400 g/mol. The molecule has 0 atom stereocenters. The number of para-hydroxylation sites is 2. The van der Waals surface area contributed by atoms with E-state index in [0.717, 1.165) is 0 Å². The van der Waals surface area contributed by atoms with Crippen LogP contribution in [0.5, 0.6) is 5.75 Å². The summed E-state index contributed by atoms with van der Waals surface area (Å²) in [7, 11) is 1.55. The molecule has 1 heterocycles. The molecule has 0 amide bonds. The first kappa shape index (κ1) is 19.1. The molecule has 0 aliphatic rings. The summed E-state index contributed by atoms with van der Waals surface area (Å²) in [6.07, 6.45) is 1.61. The lowest BCUT2D eigenvalue weighted by Crippen LogP contribution is -2.03. The van der Waals surface area contributed by atoms with Crippen molar-refractivity contribution in [3.05, 3.63) is 99.9 Å². The Hall–Kier alpha value is -4.26. The first-order valence-electron chi connectivity index (χ1n) is 9.06. The molecule has 0 radical (unpaired) electrons. The maximum Gasteiger partial charge on any atom is 0.269 e. The fourth-order valence-corrected chi connectivity index (χ4v) is 2.97. The lowest BCUT2D eigenvalue weighted by molar-refractivity contribution is -0.384. The van der Waals surface area contributed by atoms with Crippen LogP contribution in [0.1, 0.15) is 21.8 Å². The van der Waals surface area contributed by atoms with Crippen molar-refractivity contribution in [2.75, 3.05) is 7.11 Å². The molecule has 0 N–H and O–H groups in total. The van der Waals surface area contributed by atoms with Crippen LogP contribution in [0.2, 0.25) is 0 Å². The number of Topliss-reactive ketones (excluding diaryl/α,β-unsaturated/α-hetero) is 1. The topological polar surface area (TPSA) is 95.5 Å². The first-order valence-corrected chi connectivity index (χ1v) is 9.06. The summed E-state index contributed by atoms with van der Waals surface area (Å²) in [6, 6.07) is 19.8. The van der Waals surface area contributed by atoms with Gasteiger partial charge in [0.25, 0.3) is 5.69 Å². The summed E-state index contributed by atoms with van der Waals surface area (Å²) in [6.45, 7) is 0. The fourth-order valence-electron chi connectivity index (χ4n) is 2.97. The number of non-ortho nitro benzene ring substituents is 1. The predicted octanol–water partition coefficient (Wildman–Crippen LogP) is 5.17. The molecule has 0 unspecified atom stereocenters. The number of nitro groups is 1. The van der Waals surface area contributed by atoms with Crippen molar-refractivity contribution in [2.45, 2.75) is 0 Å². The van der Waals surface area contributed by atoms with Crippen LogP contribution in [0.15, 0.2) is 77.2 Å². The minimum atomic E-state index is -0.474. The highest BCUT2D eigenvalue weighted by Crippen LogP contribution is 2.27. The first-order chi connectivity index (χ1) is 14.5. The quantitative estimate of drug-likeness (QED) is 0.192. The summed E-state index contributed by atoms with van der Waals surface area (Å²) in [5, 5.41) is 10.9. The zero-order valence-electron chi connectivity index (χ0n) is 15.9. The Balaban J connectivity index is 1.80. The SMILES string of the molecule is COc1ccc(C(=O)/C(=C\c2ccc([N+](=O)[O-])cc2)c2nc3ccccc3o2)cc1. The summed E-state index contributed by atoms with van der Waals surface area (Å²) in [5.74, 6) is 0.521. The van der Waals surface area contributed by atoms with Crippen LogP contribution in [-0.2, 0) is 0 Å². The number of aromatic nitrogens is 1. The number of hydrogen-bond donors (Lipinski definition) is 0. The molecule has 0 aliphatic heterocycles. The van der Waals surface area contributed by atoms with Gasteiger partial charge in [0.2, 0.25) is 5.89 Å². The summed E-state index contributed by atoms with van der Waals surface area (Å²) < 4.78 is 11.0. The largest absolute Gasteiger partial charge is 0.497 e. The van der Waals surface area contributed by atoms with Crippen LogP contribution < -0.4 is 4.74 Å². The van der Waals surface area contributed by atoms with Crippen LogP contribution in [0, 0.1) is 10.1 Å². The number of methoxy groups -OCH3 is 1. The van der Waals surface area contributed by atoms with E-state index >= 15 is 0 Å². The Bertz CT molecular complexity index is 1220. The van der Waals surface area contributed by atoms with E-state index in [-0.39, 0.29) is 22.9 Å². The summed E-state index contributed by atoms with van der Waals surface area (Å²) in [4.78, 5) is 28.2. The Morgan fingerprint density at radius 2 is 1.73 bits per heavy atom.